The van der Waals surface area contributed by atoms with Crippen molar-refractivity contribution in [1.82, 2.24) is 20.2 Å². The van der Waals surface area contributed by atoms with E-state index < -0.39 is 5.25 Å². The van der Waals surface area contributed by atoms with Crippen molar-refractivity contribution in [2.45, 2.75) is 38.2 Å². The fourth-order valence-corrected chi connectivity index (χ4v) is 4.29. The van der Waals surface area contributed by atoms with Crippen molar-refractivity contribution in [2.24, 2.45) is 0 Å². The number of hydrogen-bond donors (Lipinski definition) is 2. The summed E-state index contributed by atoms with van der Waals surface area (Å²) in [6, 6.07) is 7.85. The third-order valence-corrected chi connectivity index (χ3v) is 5.84. The quantitative estimate of drug-likeness (QED) is 0.353. The molecule has 0 spiro atoms. The predicted molar refractivity (Wildman–Crippen MR) is 112 cm³/mol. The molecule has 0 aliphatic carbocycles. The molecule has 0 amide bonds. The number of nitrogens with zero attached hydrogens (tertiary/aromatic N) is 2. The Balaban J connectivity index is 1.55. The molecule has 3 heterocycles. The maximum absolute atomic E-state index is 12.9. The van der Waals surface area contributed by atoms with Gasteiger partial charge in [0, 0.05) is 28.4 Å². The number of ketones is 2. The molecule has 0 saturated heterocycles. The second-order valence-corrected chi connectivity index (χ2v) is 8.22. The molecular weight excluding hydrogens is 388 g/mol. The van der Waals surface area contributed by atoms with E-state index in [1.165, 1.54) is 18.7 Å². The van der Waals surface area contributed by atoms with Gasteiger partial charge in [0.25, 0.3) is 11.1 Å². The number of benzene rings is 1. The fraction of sp³-hybridized carbons (Fsp3) is 0.238. The fourth-order valence-electron chi connectivity index (χ4n) is 3.55. The number of thioether (sulfide) groups is 1. The largest absolute Gasteiger partial charge is 0.411 e. The van der Waals surface area contributed by atoms with Crippen molar-refractivity contribution in [2.75, 3.05) is 0 Å². The maximum Gasteiger partial charge on any atom is 0.277 e. The molecule has 148 valence electrons. The molecule has 0 fully saturated rings. The molecule has 0 aliphatic rings. The Morgan fingerprint density at radius 3 is 2.66 bits per heavy atom. The number of para-hydroxylation sites is 1. The van der Waals surface area contributed by atoms with Gasteiger partial charge < -0.3 is 14.4 Å². The minimum Gasteiger partial charge on any atom is -0.411 e. The summed E-state index contributed by atoms with van der Waals surface area (Å²) < 4.78 is 5.79. The standard InChI is InChI=1S/C21H20N4O3S/c1-10-17(12(3)26)11(2)23-18(10)19(27)13(4)29-21-25-24-20(28-21)15-9-22-16-8-6-5-7-14(15)16/h5-9,13,22-23H,1-4H3/t13-/m1/s1. The third-order valence-electron chi connectivity index (χ3n) is 4.91. The van der Waals surface area contributed by atoms with Gasteiger partial charge in [-0.15, -0.1) is 10.2 Å². The smallest absolute Gasteiger partial charge is 0.277 e. The molecule has 4 aromatic rings. The summed E-state index contributed by atoms with van der Waals surface area (Å²) in [5, 5.41) is 9.07. The number of hydrogen-bond acceptors (Lipinski definition) is 6. The van der Waals surface area contributed by atoms with Crippen LogP contribution in [-0.2, 0) is 0 Å². The monoisotopic (exact) mass is 408 g/mol. The minimum atomic E-state index is -0.456. The number of Topliss-reactive ketones (excluding diaryl/α,β-unsaturated/α-hetero) is 2. The molecule has 3 aromatic heterocycles. The molecule has 4 rings (SSSR count). The molecule has 0 radical (unpaired) electrons. The van der Waals surface area contributed by atoms with Crippen LogP contribution in [0.5, 0.6) is 0 Å². The van der Waals surface area contributed by atoms with Gasteiger partial charge in [0.05, 0.1) is 16.5 Å². The van der Waals surface area contributed by atoms with Gasteiger partial charge >= 0.3 is 0 Å². The molecular formula is C21H20N4O3S. The van der Waals surface area contributed by atoms with E-state index in [-0.39, 0.29) is 11.6 Å². The molecule has 7 nitrogen and oxygen atoms in total. The second-order valence-electron chi connectivity index (χ2n) is 6.93. The molecule has 0 unspecified atom stereocenters. The van der Waals surface area contributed by atoms with Crippen LogP contribution < -0.4 is 0 Å². The van der Waals surface area contributed by atoms with Gasteiger partial charge in [0.15, 0.2) is 11.6 Å². The van der Waals surface area contributed by atoms with Crippen LogP contribution in [0.3, 0.4) is 0 Å². The van der Waals surface area contributed by atoms with E-state index in [9.17, 15) is 9.59 Å². The van der Waals surface area contributed by atoms with Crippen molar-refractivity contribution < 1.29 is 14.0 Å². The summed E-state index contributed by atoms with van der Waals surface area (Å²) in [6.07, 6.45) is 1.83. The zero-order valence-electron chi connectivity index (χ0n) is 16.5. The van der Waals surface area contributed by atoms with Crippen molar-refractivity contribution in [3.63, 3.8) is 0 Å². The van der Waals surface area contributed by atoms with Crippen molar-refractivity contribution in [3.8, 4) is 11.5 Å². The first-order valence-corrected chi connectivity index (χ1v) is 10.1. The van der Waals surface area contributed by atoms with Crippen LogP contribution in [0.1, 0.15) is 46.0 Å². The second kappa shape index (κ2) is 7.36. The molecule has 0 bridgehead atoms. The number of aromatic amines is 2. The van der Waals surface area contributed by atoms with Gasteiger partial charge in [-0.2, -0.15) is 0 Å². The van der Waals surface area contributed by atoms with Crippen molar-refractivity contribution in [3.05, 3.63) is 53.0 Å². The topological polar surface area (TPSA) is 105 Å². The predicted octanol–water partition coefficient (Wildman–Crippen LogP) is 4.73. The Morgan fingerprint density at radius 1 is 1.17 bits per heavy atom. The molecule has 1 atom stereocenters. The average molecular weight is 408 g/mol. The van der Waals surface area contributed by atoms with Crippen LogP contribution in [0, 0.1) is 13.8 Å². The molecule has 2 N–H and O–H groups in total. The first-order chi connectivity index (χ1) is 13.9. The Labute approximate surface area is 171 Å². The van der Waals surface area contributed by atoms with E-state index in [1.807, 2.05) is 30.5 Å². The highest BCUT2D eigenvalue weighted by atomic mass is 32.2. The van der Waals surface area contributed by atoms with Gasteiger partial charge in [0.2, 0.25) is 0 Å². The lowest BCUT2D eigenvalue weighted by atomic mass is 10.0. The summed E-state index contributed by atoms with van der Waals surface area (Å²) in [4.78, 5) is 31.0. The van der Waals surface area contributed by atoms with Crippen LogP contribution >= 0.6 is 11.8 Å². The van der Waals surface area contributed by atoms with E-state index >= 15 is 0 Å². The van der Waals surface area contributed by atoms with E-state index in [0.717, 1.165) is 16.5 Å². The number of aryl methyl sites for hydroxylation is 1. The summed E-state index contributed by atoms with van der Waals surface area (Å²) in [5.74, 6) is 0.223. The highest BCUT2D eigenvalue weighted by molar-refractivity contribution is 8.00. The lowest BCUT2D eigenvalue weighted by molar-refractivity contribution is 0.0988. The highest BCUT2D eigenvalue weighted by Crippen LogP contribution is 2.32. The SMILES string of the molecule is CC(=O)c1c(C)[nH]c(C(=O)[C@@H](C)Sc2nnc(-c3c[nH]c4ccccc34)o2)c1C. The van der Waals surface area contributed by atoms with Crippen LogP contribution in [0.25, 0.3) is 22.4 Å². The van der Waals surface area contributed by atoms with E-state index in [4.69, 9.17) is 4.42 Å². The summed E-state index contributed by atoms with van der Waals surface area (Å²) in [6.45, 7) is 6.86. The first kappa shape index (κ1) is 19.2. The number of fused-ring (bicyclic) bond motifs is 1. The average Bonchev–Trinajstić information content (AvgIpc) is 3.38. The first-order valence-electron chi connectivity index (χ1n) is 9.17. The Kier molecular flexibility index (Phi) is 4.87. The zero-order valence-corrected chi connectivity index (χ0v) is 17.3. The lowest BCUT2D eigenvalue weighted by Crippen LogP contribution is -2.15. The number of rotatable bonds is 6. The van der Waals surface area contributed by atoms with Crippen LogP contribution in [0.15, 0.2) is 40.1 Å². The number of carbonyl (C=O) groups is 2. The van der Waals surface area contributed by atoms with E-state index in [0.29, 0.717) is 33.6 Å². The Hall–Kier alpha value is -3.13. The Bertz CT molecular complexity index is 1230. The molecule has 0 aliphatic heterocycles. The van der Waals surface area contributed by atoms with E-state index in [1.54, 1.807) is 20.8 Å². The number of aromatic nitrogens is 4. The van der Waals surface area contributed by atoms with Crippen molar-refractivity contribution in [1.29, 1.82) is 0 Å². The normalized spacial score (nSPS) is 12.4. The molecule has 29 heavy (non-hydrogen) atoms. The highest BCUT2D eigenvalue weighted by Gasteiger charge is 2.26. The summed E-state index contributed by atoms with van der Waals surface area (Å²) in [7, 11) is 0. The third kappa shape index (κ3) is 3.40. The van der Waals surface area contributed by atoms with Gasteiger partial charge in [-0.25, -0.2) is 0 Å². The molecule has 0 saturated carbocycles. The molecule has 1 aromatic carbocycles. The van der Waals surface area contributed by atoms with Gasteiger partial charge in [-0.1, -0.05) is 30.0 Å². The van der Waals surface area contributed by atoms with Crippen LogP contribution in [0.2, 0.25) is 0 Å². The van der Waals surface area contributed by atoms with Crippen LogP contribution in [-0.4, -0.2) is 37.0 Å². The number of carbonyl (C=O) groups excluding carboxylic acids is 2. The van der Waals surface area contributed by atoms with Gasteiger partial charge in [-0.05, 0) is 39.3 Å². The summed E-state index contributed by atoms with van der Waals surface area (Å²) >= 11 is 1.20. The van der Waals surface area contributed by atoms with E-state index in [2.05, 4.69) is 20.2 Å². The van der Waals surface area contributed by atoms with Gasteiger partial charge in [0.1, 0.15) is 0 Å². The summed E-state index contributed by atoms with van der Waals surface area (Å²) in [5.41, 5.74) is 4.21. The van der Waals surface area contributed by atoms with Crippen LogP contribution in [0.4, 0.5) is 0 Å². The van der Waals surface area contributed by atoms with Crippen molar-refractivity contribution >= 4 is 34.2 Å². The Morgan fingerprint density at radius 2 is 1.93 bits per heavy atom. The maximum atomic E-state index is 12.9. The minimum absolute atomic E-state index is 0.0594. The number of nitrogens with one attached hydrogen (secondary N) is 2. The number of H-pyrrole nitrogens is 2. The van der Waals surface area contributed by atoms with Gasteiger partial charge in [-0.3, -0.25) is 9.59 Å². The molecule has 8 heteroatoms. The lowest BCUT2D eigenvalue weighted by Gasteiger charge is -2.07. The zero-order chi connectivity index (χ0) is 20.7.